The number of benzene rings is 2. The molecule has 2 aromatic rings. The van der Waals surface area contributed by atoms with Crippen LogP contribution in [0.4, 0.5) is 8.78 Å². The lowest BCUT2D eigenvalue weighted by molar-refractivity contribution is 0.0623. The zero-order chi connectivity index (χ0) is 17.1. The minimum Gasteiger partial charge on any atom is -0.336 e. The lowest BCUT2D eigenvalue weighted by Gasteiger charge is -2.35. The van der Waals surface area contributed by atoms with E-state index < -0.39 is 5.82 Å². The molecular formula is C18H17BrF2N2O. The van der Waals surface area contributed by atoms with Crippen molar-refractivity contribution in [2.24, 2.45) is 0 Å². The summed E-state index contributed by atoms with van der Waals surface area (Å²) < 4.78 is 28.0. The molecule has 1 aliphatic rings. The molecule has 0 saturated carbocycles. The van der Waals surface area contributed by atoms with Gasteiger partial charge in [-0.2, -0.15) is 0 Å². The van der Waals surface area contributed by atoms with Crippen molar-refractivity contribution in [3.05, 3.63) is 69.7 Å². The third-order valence-corrected chi connectivity index (χ3v) is 4.94. The molecule has 1 fully saturated rings. The van der Waals surface area contributed by atoms with Crippen molar-refractivity contribution in [2.75, 3.05) is 26.2 Å². The van der Waals surface area contributed by atoms with Gasteiger partial charge in [0.15, 0.2) is 0 Å². The first kappa shape index (κ1) is 17.0. The van der Waals surface area contributed by atoms with Gasteiger partial charge in [0.1, 0.15) is 11.6 Å². The van der Waals surface area contributed by atoms with Crippen LogP contribution < -0.4 is 0 Å². The Bertz CT molecular complexity index is 746. The molecule has 3 rings (SSSR count). The van der Waals surface area contributed by atoms with Gasteiger partial charge in [-0.3, -0.25) is 9.69 Å². The Hall–Kier alpha value is -1.79. The van der Waals surface area contributed by atoms with Crippen LogP contribution in [0.15, 0.2) is 46.9 Å². The van der Waals surface area contributed by atoms with E-state index in [0.29, 0.717) is 32.7 Å². The molecule has 2 aromatic carbocycles. The van der Waals surface area contributed by atoms with Crippen molar-refractivity contribution >= 4 is 21.8 Å². The van der Waals surface area contributed by atoms with E-state index in [2.05, 4.69) is 20.8 Å². The molecule has 0 unspecified atom stereocenters. The van der Waals surface area contributed by atoms with Gasteiger partial charge >= 0.3 is 0 Å². The Labute approximate surface area is 148 Å². The van der Waals surface area contributed by atoms with E-state index in [1.165, 1.54) is 24.3 Å². The predicted molar refractivity (Wildman–Crippen MR) is 91.7 cm³/mol. The maximum Gasteiger partial charge on any atom is 0.256 e. The van der Waals surface area contributed by atoms with E-state index >= 15 is 0 Å². The molecule has 24 heavy (non-hydrogen) atoms. The third-order valence-electron chi connectivity index (χ3n) is 4.17. The highest BCUT2D eigenvalue weighted by molar-refractivity contribution is 9.10. The quantitative estimate of drug-likeness (QED) is 0.792. The number of carbonyl (C=O) groups is 1. The molecule has 1 heterocycles. The van der Waals surface area contributed by atoms with Crippen LogP contribution in [0.5, 0.6) is 0 Å². The van der Waals surface area contributed by atoms with Gasteiger partial charge in [0.25, 0.3) is 5.91 Å². The Morgan fingerprint density at radius 2 is 1.75 bits per heavy atom. The van der Waals surface area contributed by atoms with Gasteiger partial charge in [-0.1, -0.05) is 28.1 Å². The number of hydrogen-bond donors (Lipinski definition) is 0. The lowest BCUT2D eigenvalue weighted by atomic mass is 10.1. The summed E-state index contributed by atoms with van der Waals surface area (Å²) in [7, 11) is 0. The molecule has 0 radical (unpaired) electrons. The topological polar surface area (TPSA) is 23.6 Å². The number of carbonyl (C=O) groups excluding carboxylic acids is 1. The highest BCUT2D eigenvalue weighted by atomic mass is 79.9. The van der Waals surface area contributed by atoms with E-state index in [0.717, 1.165) is 10.0 Å². The van der Waals surface area contributed by atoms with Crippen molar-refractivity contribution in [3.8, 4) is 0 Å². The second kappa shape index (κ2) is 7.40. The average molecular weight is 395 g/mol. The monoisotopic (exact) mass is 394 g/mol. The summed E-state index contributed by atoms with van der Waals surface area (Å²) in [6.07, 6.45) is 0. The van der Waals surface area contributed by atoms with Crippen LogP contribution in [0.2, 0.25) is 0 Å². The molecule has 0 bridgehead atoms. The zero-order valence-corrected chi connectivity index (χ0v) is 14.6. The number of hydrogen-bond acceptors (Lipinski definition) is 2. The van der Waals surface area contributed by atoms with Crippen molar-refractivity contribution in [3.63, 3.8) is 0 Å². The fourth-order valence-corrected chi connectivity index (χ4v) is 3.19. The van der Waals surface area contributed by atoms with E-state index in [-0.39, 0.29) is 17.3 Å². The Balaban J connectivity index is 1.61. The van der Waals surface area contributed by atoms with Crippen LogP contribution in [0.3, 0.4) is 0 Å². The van der Waals surface area contributed by atoms with Gasteiger partial charge in [0, 0.05) is 37.2 Å². The molecule has 0 aromatic heterocycles. The van der Waals surface area contributed by atoms with Crippen molar-refractivity contribution < 1.29 is 13.6 Å². The molecule has 3 nitrogen and oxygen atoms in total. The summed E-state index contributed by atoms with van der Waals surface area (Å²) in [4.78, 5) is 16.2. The number of nitrogens with zero attached hydrogens (tertiary/aromatic N) is 2. The van der Waals surface area contributed by atoms with E-state index in [9.17, 15) is 13.6 Å². The van der Waals surface area contributed by atoms with Crippen molar-refractivity contribution in [2.45, 2.75) is 6.54 Å². The summed E-state index contributed by atoms with van der Waals surface area (Å²) in [5, 5.41) is 0. The first-order valence-corrected chi connectivity index (χ1v) is 8.54. The van der Waals surface area contributed by atoms with Gasteiger partial charge < -0.3 is 4.90 Å². The van der Waals surface area contributed by atoms with Crippen molar-refractivity contribution in [1.82, 2.24) is 9.80 Å². The van der Waals surface area contributed by atoms with Crippen LogP contribution in [-0.2, 0) is 6.54 Å². The number of amides is 1. The van der Waals surface area contributed by atoms with Crippen LogP contribution in [0.1, 0.15) is 15.9 Å². The Kier molecular flexibility index (Phi) is 5.26. The highest BCUT2D eigenvalue weighted by Crippen LogP contribution is 2.21. The Morgan fingerprint density at radius 3 is 2.46 bits per heavy atom. The average Bonchev–Trinajstić information content (AvgIpc) is 2.59. The van der Waals surface area contributed by atoms with Crippen LogP contribution in [0, 0.1) is 11.6 Å². The fraction of sp³-hybridized carbons (Fsp3) is 0.278. The number of rotatable bonds is 3. The summed E-state index contributed by atoms with van der Waals surface area (Å²) in [5.74, 6) is -1.03. The second-order valence-corrected chi connectivity index (χ2v) is 6.64. The first-order valence-electron chi connectivity index (χ1n) is 7.74. The molecule has 1 aliphatic heterocycles. The molecule has 1 amide bonds. The van der Waals surface area contributed by atoms with Gasteiger partial charge in [0.05, 0.1) is 5.56 Å². The number of piperazine rings is 1. The molecule has 6 heteroatoms. The summed E-state index contributed by atoms with van der Waals surface area (Å²) in [6, 6.07) is 10.7. The summed E-state index contributed by atoms with van der Waals surface area (Å²) >= 11 is 3.43. The fourth-order valence-electron chi connectivity index (χ4n) is 2.82. The van der Waals surface area contributed by atoms with E-state index in [4.69, 9.17) is 0 Å². The van der Waals surface area contributed by atoms with Crippen LogP contribution >= 0.6 is 15.9 Å². The van der Waals surface area contributed by atoms with Gasteiger partial charge in [-0.25, -0.2) is 8.78 Å². The van der Waals surface area contributed by atoms with Crippen LogP contribution in [-0.4, -0.2) is 41.9 Å². The number of halogens is 3. The third kappa shape index (κ3) is 3.82. The smallest absolute Gasteiger partial charge is 0.256 e. The minimum atomic E-state index is -0.492. The maximum atomic E-state index is 13.7. The molecule has 126 valence electrons. The van der Waals surface area contributed by atoms with Gasteiger partial charge in [0.2, 0.25) is 0 Å². The largest absolute Gasteiger partial charge is 0.336 e. The lowest BCUT2D eigenvalue weighted by Crippen LogP contribution is -2.48. The van der Waals surface area contributed by atoms with Crippen molar-refractivity contribution in [1.29, 1.82) is 0 Å². The van der Waals surface area contributed by atoms with Gasteiger partial charge in [-0.15, -0.1) is 0 Å². The zero-order valence-electron chi connectivity index (χ0n) is 13.0. The molecule has 0 atom stereocenters. The SMILES string of the molecule is O=C(c1ccccc1F)N1CCN(Cc2cc(F)ccc2Br)CC1. The molecule has 0 aliphatic carbocycles. The van der Waals surface area contributed by atoms with E-state index in [1.54, 1.807) is 23.1 Å². The first-order chi connectivity index (χ1) is 11.5. The Morgan fingerprint density at radius 1 is 1.04 bits per heavy atom. The summed E-state index contributed by atoms with van der Waals surface area (Å²) in [6.45, 7) is 3.01. The minimum absolute atomic E-state index is 0.110. The second-order valence-electron chi connectivity index (χ2n) is 5.78. The molecule has 0 spiro atoms. The predicted octanol–water partition coefficient (Wildman–Crippen LogP) is 3.69. The molecular weight excluding hydrogens is 378 g/mol. The standard InChI is InChI=1S/C18H17BrF2N2O/c19-16-6-5-14(20)11-13(16)12-22-7-9-23(10-8-22)18(24)15-3-1-2-4-17(15)21/h1-6,11H,7-10,12H2. The van der Waals surface area contributed by atoms with E-state index in [1.807, 2.05) is 0 Å². The molecule has 1 saturated heterocycles. The normalized spacial score (nSPS) is 15.5. The molecule has 0 N–H and O–H groups in total. The maximum absolute atomic E-state index is 13.7. The van der Waals surface area contributed by atoms with Gasteiger partial charge in [-0.05, 0) is 35.9 Å². The highest BCUT2D eigenvalue weighted by Gasteiger charge is 2.24. The van der Waals surface area contributed by atoms with Crippen LogP contribution in [0.25, 0.3) is 0 Å². The summed E-state index contributed by atoms with van der Waals surface area (Å²) in [5.41, 5.74) is 0.989.